The molecule has 0 radical (unpaired) electrons. The van der Waals surface area contributed by atoms with Crippen LogP contribution in [-0.4, -0.2) is 43.0 Å². The smallest absolute Gasteiger partial charge is 0.289 e. The number of nitrogens with zero attached hydrogens (tertiary/aromatic N) is 1. The van der Waals surface area contributed by atoms with Gasteiger partial charge in [0.25, 0.3) is 5.91 Å². The Bertz CT molecular complexity index is 763. The van der Waals surface area contributed by atoms with Crippen molar-refractivity contribution in [3.8, 4) is 0 Å². The lowest BCUT2D eigenvalue weighted by atomic mass is 10.0. The molecule has 2 amide bonds. The lowest BCUT2D eigenvalue weighted by Crippen LogP contribution is -2.39. The summed E-state index contributed by atoms with van der Waals surface area (Å²) in [5.74, 6) is 2.01. The Morgan fingerprint density at radius 2 is 2.04 bits per heavy atom. The third-order valence-corrected chi connectivity index (χ3v) is 4.28. The number of methoxy groups -OCH3 is 1. The first-order valence-electron chi connectivity index (χ1n) is 8.18. The van der Waals surface area contributed by atoms with Crippen molar-refractivity contribution in [1.82, 2.24) is 10.2 Å². The zero-order valence-corrected chi connectivity index (χ0v) is 14.6. The molecule has 1 saturated heterocycles. The van der Waals surface area contributed by atoms with Crippen LogP contribution in [0, 0.1) is 6.92 Å². The highest BCUT2D eigenvalue weighted by Gasteiger charge is 2.39. The van der Waals surface area contributed by atoms with Crippen molar-refractivity contribution in [2.75, 3.05) is 20.2 Å². The van der Waals surface area contributed by atoms with E-state index in [9.17, 15) is 9.59 Å². The maximum atomic E-state index is 12.7. The minimum Gasteiger partial charge on any atom is -0.466 e. The number of carbonyl (C=O) groups is 2. The van der Waals surface area contributed by atoms with Gasteiger partial charge in [-0.15, -0.1) is 0 Å². The Kier molecular flexibility index (Phi) is 4.94. The molecule has 3 heterocycles. The maximum Gasteiger partial charge on any atom is 0.289 e. The van der Waals surface area contributed by atoms with Crippen molar-refractivity contribution >= 4 is 11.8 Å². The molecule has 1 N–H and O–H groups in total. The molecule has 3 rings (SSSR count). The van der Waals surface area contributed by atoms with E-state index >= 15 is 0 Å². The summed E-state index contributed by atoms with van der Waals surface area (Å²) in [6.45, 7) is 4.52. The Balaban J connectivity index is 1.78. The predicted molar refractivity (Wildman–Crippen MR) is 89.1 cm³/mol. The minimum absolute atomic E-state index is 0.0880. The van der Waals surface area contributed by atoms with Crippen LogP contribution >= 0.6 is 0 Å². The number of nitrogens with one attached hydrogen (secondary N) is 1. The van der Waals surface area contributed by atoms with E-state index in [0.717, 1.165) is 11.5 Å². The van der Waals surface area contributed by atoms with Gasteiger partial charge in [-0.05, 0) is 31.2 Å². The molecular weight excluding hydrogens is 324 g/mol. The van der Waals surface area contributed by atoms with Gasteiger partial charge in [-0.3, -0.25) is 9.59 Å². The quantitative estimate of drug-likeness (QED) is 0.896. The third-order valence-electron chi connectivity index (χ3n) is 4.28. The van der Waals surface area contributed by atoms with Gasteiger partial charge in [-0.25, -0.2) is 0 Å². The number of ether oxygens (including phenoxy) is 1. The molecule has 1 aliphatic heterocycles. The summed E-state index contributed by atoms with van der Waals surface area (Å²) in [6, 6.07) is 6.96. The van der Waals surface area contributed by atoms with Crippen LogP contribution in [0.1, 0.15) is 40.7 Å². The molecule has 0 bridgehead atoms. The number of amides is 2. The van der Waals surface area contributed by atoms with E-state index in [-0.39, 0.29) is 29.5 Å². The summed E-state index contributed by atoms with van der Waals surface area (Å²) in [5, 5.41) is 2.92. The highest BCUT2D eigenvalue weighted by Crippen LogP contribution is 2.30. The van der Waals surface area contributed by atoms with Crippen LogP contribution in [0.2, 0.25) is 0 Å². The number of hydrogen-bond acceptors (Lipinski definition) is 5. The first-order chi connectivity index (χ1) is 12.0. The average molecular weight is 346 g/mol. The monoisotopic (exact) mass is 346 g/mol. The number of rotatable bonds is 5. The Hall–Kier alpha value is -2.54. The van der Waals surface area contributed by atoms with Crippen molar-refractivity contribution < 1.29 is 23.2 Å². The van der Waals surface area contributed by atoms with Gasteiger partial charge < -0.3 is 23.8 Å². The molecule has 7 heteroatoms. The summed E-state index contributed by atoms with van der Waals surface area (Å²) < 4.78 is 16.3. The fraction of sp³-hybridized carbons (Fsp3) is 0.444. The average Bonchev–Trinajstić information content (AvgIpc) is 3.26. The van der Waals surface area contributed by atoms with Crippen LogP contribution in [0.3, 0.4) is 0 Å². The fourth-order valence-electron chi connectivity index (χ4n) is 3.19. The Morgan fingerprint density at radius 3 is 2.68 bits per heavy atom. The Morgan fingerprint density at radius 1 is 1.24 bits per heavy atom. The molecule has 1 aliphatic rings. The van der Waals surface area contributed by atoms with Crippen LogP contribution in [0.4, 0.5) is 0 Å². The molecule has 0 spiro atoms. The first-order valence-corrected chi connectivity index (χ1v) is 8.18. The number of aryl methyl sites for hydroxylation is 1. The van der Waals surface area contributed by atoms with Crippen molar-refractivity contribution in [2.45, 2.75) is 32.4 Å². The van der Waals surface area contributed by atoms with Crippen LogP contribution in [0.15, 0.2) is 33.1 Å². The molecule has 25 heavy (non-hydrogen) atoms. The number of carbonyl (C=O) groups excluding carboxylic acids is 2. The fourth-order valence-corrected chi connectivity index (χ4v) is 3.19. The van der Waals surface area contributed by atoms with Gasteiger partial charge in [0.1, 0.15) is 23.9 Å². The molecule has 0 aromatic carbocycles. The van der Waals surface area contributed by atoms with Crippen LogP contribution < -0.4 is 5.32 Å². The molecule has 2 atom stereocenters. The van der Waals surface area contributed by atoms with E-state index in [1.807, 2.05) is 19.1 Å². The summed E-state index contributed by atoms with van der Waals surface area (Å²) >= 11 is 0. The highest BCUT2D eigenvalue weighted by atomic mass is 16.5. The summed E-state index contributed by atoms with van der Waals surface area (Å²) in [4.78, 5) is 25.9. The Labute approximate surface area is 145 Å². The molecule has 7 nitrogen and oxygen atoms in total. The van der Waals surface area contributed by atoms with E-state index in [1.54, 1.807) is 24.1 Å². The summed E-state index contributed by atoms with van der Waals surface area (Å²) in [6.07, 6.45) is 0. The summed E-state index contributed by atoms with van der Waals surface area (Å²) in [7, 11) is 1.57. The van der Waals surface area contributed by atoms with Crippen LogP contribution in [0.25, 0.3) is 0 Å². The second-order valence-corrected chi connectivity index (χ2v) is 6.27. The van der Waals surface area contributed by atoms with Gasteiger partial charge in [0.05, 0.1) is 12.0 Å². The second kappa shape index (κ2) is 7.14. The lowest BCUT2D eigenvalue weighted by molar-refractivity contribution is -0.119. The van der Waals surface area contributed by atoms with E-state index < -0.39 is 0 Å². The molecule has 1 fully saturated rings. The van der Waals surface area contributed by atoms with Crippen molar-refractivity contribution in [3.05, 3.63) is 47.3 Å². The normalized spacial score (nSPS) is 20.0. The van der Waals surface area contributed by atoms with Crippen molar-refractivity contribution in [3.63, 3.8) is 0 Å². The SMILES string of the molecule is COCc1ccc(C(=O)N2CC(NC(C)=O)C(c3ccc(C)o3)C2)o1. The largest absolute Gasteiger partial charge is 0.466 e. The minimum atomic E-state index is -0.205. The number of hydrogen-bond donors (Lipinski definition) is 1. The van der Waals surface area contributed by atoms with Gasteiger partial charge >= 0.3 is 0 Å². The molecular formula is C18H22N2O5. The van der Waals surface area contributed by atoms with E-state index in [1.165, 1.54) is 6.92 Å². The number of likely N-dealkylation sites (tertiary alicyclic amines) is 1. The van der Waals surface area contributed by atoms with Crippen molar-refractivity contribution in [1.29, 1.82) is 0 Å². The second-order valence-electron chi connectivity index (χ2n) is 6.27. The molecule has 2 aromatic heterocycles. The molecule has 0 saturated carbocycles. The van der Waals surface area contributed by atoms with Gasteiger partial charge in [0.15, 0.2) is 5.76 Å². The van der Waals surface area contributed by atoms with Crippen LogP contribution in [-0.2, 0) is 16.1 Å². The van der Waals surface area contributed by atoms with Gasteiger partial charge in [0.2, 0.25) is 5.91 Å². The number of furan rings is 2. The lowest BCUT2D eigenvalue weighted by Gasteiger charge is -2.16. The van der Waals surface area contributed by atoms with Crippen LogP contribution in [0.5, 0.6) is 0 Å². The molecule has 2 unspecified atom stereocenters. The molecule has 0 aliphatic carbocycles. The third kappa shape index (κ3) is 3.76. The van der Waals surface area contributed by atoms with E-state index in [2.05, 4.69) is 5.32 Å². The first kappa shape index (κ1) is 17.3. The zero-order chi connectivity index (χ0) is 18.0. The standard InChI is InChI=1S/C18H22N2O5/c1-11-4-6-16(24-11)14-8-20(9-15(14)19-12(2)21)18(22)17-7-5-13(25-17)10-23-3/h4-7,14-15H,8-10H2,1-3H3,(H,19,21). The van der Waals surface area contributed by atoms with Gasteiger partial charge in [-0.2, -0.15) is 0 Å². The molecule has 2 aromatic rings. The van der Waals surface area contributed by atoms with Gasteiger partial charge in [-0.1, -0.05) is 0 Å². The topological polar surface area (TPSA) is 84.9 Å². The predicted octanol–water partition coefficient (Wildman–Crippen LogP) is 2.07. The zero-order valence-electron chi connectivity index (χ0n) is 14.6. The van der Waals surface area contributed by atoms with Gasteiger partial charge in [0, 0.05) is 27.1 Å². The van der Waals surface area contributed by atoms with Crippen molar-refractivity contribution in [2.24, 2.45) is 0 Å². The highest BCUT2D eigenvalue weighted by molar-refractivity contribution is 5.92. The van der Waals surface area contributed by atoms with E-state index in [4.69, 9.17) is 13.6 Å². The van der Waals surface area contributed by atoms with E-state index in [0.29, 0.717) is 25.5 Å². The maximum absolute atomic E-state index is 12.7. The summed E-state index contributed by atoms with van der Waals surface area (Å²) in [5.41, 5.74) is 0. The molecule has 134 valence electrons.